The van der Waals surface area contributed by atoms with Crippen LogP contribution in [0.3, 0.4) is 0 Å². The Labute approximate surface area is 112 Å². The van der Waals surface area contributed by atoms with Crippen LogP contribution in [0.1, 0.15) is 13.3 Å². The van der Waals surface area contributed by atoms with E-state index in [1.165, 1.54) is 0 Å². The van der Waals surface area contributed by atoms with Gasteiger partial charge in [-0.05, 0) is 25.5 Å². The molecule has 104 valence electrons. The average molecular weight is 265 g/mol. The maximum absolute atomic E-state index is 11.5. The van der Waals surface area contributed by atoms with Crippen LogP contribution < -0.4 is 16.0 Å². The summed E-state index contributed by atoms with van der Waals surface area (Å²) in [7, 11) is 0. The number of hydrogen-bond acceptors (Lipinski definition) is 3. The van der Waals surface area contributed by atoms with Gasteiger partial charge in [-0.1, -0.05) is 18.2 Å². The summed E-state index contributed by atoms with van der Waals surface area (Å²) in [4.78, 5) is 22.9. The largest absolute Gasteiger partial charge is 0.396 e. The number of aliphatic hydroxyl groups excluding tert-OH is 1. The normalized spacial score (nSPS) is 11.5. The molecular formula is C13H19N3O3. The molecule has 0 bridgehead atoms. The van der Waals surface area contributed by atoms with Gasteiger partial charge >= 0.3 is 6.03 Å². The Morgan fingerprint density at radius 2 is 1.95 bits per heavy atom. The van der Waals surface area contributed by atoms with Crippen molar-refractivity contribution in [2.45, 2.75) is 19.4 Å². The highest BCUT2D eigenvalue weighted by molar-refractivity contribution is 5.92. The molecule has 0 saturated heterocycles. The number of carbonyl (C=O) groups excluding carboxylic acids is 2. The summed E-state index contributed by atoms with van der Waals surface area (Å²) < 4.78 is 0. The Balaban J connectivity index is 2.25. The molecule has 0 spiro atoms. The molecule has 4 N–H and O–H groups in total. The number of rotatable bonds is 6. The standard InChI is InChI=1S/C13H19N3O3/c1-10(7-8-17)15-12(18)9-14-13(19)16-11-5-3-2-4-6-11/h2-6,10,17H,7-9H2,1H3,(H,15,18)(H2,14,16,19). The zero-order valence-electron chi connectivity index (χ0n) is 10.8. The summed E-state index contributed by atoms with van der Waals surface area (Å²) in [6, 6.07) is 8.41. The van der Waals surface area contributed by atoms with E-state index in [4.69, 9.17) is 5.11 Å². The fraction of sp³-hybridized carbons (Fsp3) is 0.385. The average Bonchev–Trinajstić information content (AvgIpc) is 2.38. The van der Waals surface area contributed by atoms with E-state index in [-0.39, 0.29) is 25.1 Å². The van der Waals surface area contributed by atoms with Gasteiger partial charge in [0.2, 0.25) is 5.91 Å². The number of hydrogen-bond donors (Lipinski definition) is 4. The molecule has 0 aromatic heterocycles. The van der Waals surface area contributed by atoms with Gasteiger partial charge in [-0.2, -0.15) is 0 Å². The molecule has 19 heavy (non-hydrogen) atoms. The zero-order valence-corrected chi connectivity index (χ0v) is 10.8. The molecule has 0 aliphatic rings. The van der Waals surface area contributed by atoms with Gasteiger partial charge < -0.3 is 21.1 Å². The van der Waals surface area contributed by atoms with E-state index in [9.17, 15) is 9.59 Å². The predicted octanol–water partition coefficient (Wildman–Crippen LogP) is 0.695. The van der Waals surface area contributed by atoms with Gasteiger partial charge in [-0.3, -0.25) is 4.79 Å². The summed E-state index contributed by atoms with van der Waals surface area (Å²) in [5.41, 5.74) is 0.661. The molecule has 0 fully saturated rings. The predicted molar refractivity (Wildman–Crippen MR) is 72.8 cm³/mol. The van der Waals surface area contributed by atoms with Crippen molar-refractivity contribution in [1.82, 2.24) is 10.6 Å². The van der Waals surface area contributed by atoms with E-state index < -0.39 is 6.03 Å². The van der Waals surface area contributed by atoms with Crippen LogP contribution in [0.2, 0.25) is 0 Å². The van der Waals surface area contributed by atoms with Crippen molar-refractivity contribution >= 4 is 17.6 Å². The number of anilines is 1. The Morgan fingerprint density at radius 1 is 1.26 bits per heavy atom. The van der Waals surface area contributed by atoms with Crippen molar-refractivity contribution in [1.29, 1.82) is 0 Å². The van der Waals surface area contributed by atoms with Crippen molar-refractivity contribution in [3.8, 4) is 0 Å². The lowest BCUT2D eigenvalue weighted by atomic mass is 10.2. The summed E-state index contributed by atoms with van der Waals surface area (Å²) in [5.74, 6) is -0.288. The van der Waals surface area contributed by atoms with Crippen LogP contribution in [0.15, 0.2) is 30.3 Å². The molecule has 1 rings (SSSR count). The number of nitrogens with one attached hydrogen (secondary N) is 3. The first-order chi connectivity index (χ1) is 9.11. The second-order valence-electron chi connectivity index (χ2n) is 4.15. The Morgan fingerprint density at radius 3 is 2.58 bits per heavy atom. The smallest absolute Gasteiger partial charge is 0.319 e. The molecule has 0 heterocycles. The van der Waals surface area contributed by atoms with Crippen molar-refractivity contribution in [2.24, 2.45) is 0 Å². The van der Waals surface area contributed by atoms with Crippen molar-refractivity contribution in [3.05, 3.63) is 30.3 Å². The molecule has 0 saturated carbocycles. The highest BCUT2D eigenvalue weighted by atomic mass is 16.3. The lowest BCUT2D eigenvalue weighted by Crippen LogP contribution is -2.42. The Kier molecular flexibility index (Phi) is 6.38. The monoisotopic (exact) mass is 265 g/mol. The number of carbonyl (C=O) groups is 2. The molecule has 6 nitrogen and oxygen atoms in total. The molecule has 1 aromatic carbocycles. The first kappa shape index (κ1) is 15.0. The lowest BCUT2D eigenvalue weighted by molar-refractivity contribution is -0.120. The van der Waals surface area contributed by atoms with E-state index >= 15 is 0 Å². The molecule has 0 aliphatic heterocycles. The molecule has 0 aliphatic carbocycles. The number of amides is 3. The van der Waals surface area contributed by atoms with Crippen LogP contribution >= 0.6 is 0 Å². The van der Waals surface area contributed by atoms with Gasteiger partial charge in [0.25, 0.3) is 0 Å². The minimum Gasteiger partial charge on any atom is -0.396 e. The maximum atomic E-state index is 11.5. The molecule has 1 unspecified atom stereocenters. The third-order valence-electron chi connectivity index (χ3n) is 2.41. The molecule has 0 radical (unpaired) electrons. The Bertz CT molecular complexity index is 409. The zero-order chi connectivity index (χ0) is 14.1. The van der Waals surface area contributed by atoms with Crippen LogP contribution in [0.5, 0.6) is 0 Å². The first-order valence-electron chi connectivity index (χ1n) is 6.12. The fourth-order valence-electron chi connectivity index (χ4n) is 1.45. The minimum absolute atomic E-state index is 0.0172. The summed E-state index contributed by atoms with van der Waals surface area (Å²) in [6.07, 6.45) is 0.488. The van der Waals surface area contributed by atoms with E-state index in [1.807, 2.05) is 6.07 Å². The van der Waals surface area contributed by atoms with E-state index in [0.717, 1.165) is 0 Å². The quantitative estimate of drug-likeness (QED) is 0.610. The molecule has 3 amide bonds. The Hall–Kier alpha value is -2.08. The molecular weight excluding hydrogens is 246 g/mol. The van der Waals surface area contributed by atoms with Crippen LogP contribution in [-0.4, -0.2) is 36.2 Å². The number of urea groups is 1. The second-order valence-corrected chi connectivity index (χ2v) is 4.15. The van der Waals surface area contributed by atoms with Gasteiger partial charge in [-0.15, -0.1) is 0 Å². The summed E-state index contributed by atoms with van der Waals surface area (Å²) in [5, 5.41) is 16.4. The van der Waals surface area contributed by atoms with Crippen LogP contribution in [0.25, 0.3) is 0 Å². The fourth-order valence-corrected chi connectivity index (χ4v) is 1.45. The van der Waals surface area contributed by atoms with Crippen molar-refractivity contribution < 1.29 is 14.7 Å². The molecule has 1 atom stereocenters. The number of para-hydroxylation sites is 1. The van der Waals surface area contributed by atoms with Crippen molar-refractivity contribution in [3.63, 3.8) is 0 Å². The third-order valence-corrected chi connectivity index (χ3v) is 2.41. The maximum Gasteiger partial charge on any atom is 0.319 e. The van der Waals surface area contributed by atoms with Crippen LogP contribution in [0.4, 0.5) is 10.5 Å². The highest BCUT2D eigenvalue weighted by Crippen LogP contribution is 2.03. The molecule has 6 heteroatoms. The van der Waals surface area contributed by atoms with Gasteiger partial charge in [0.1, 0.15) is 0 Å². The van der Waals surface area contributed by atoms with E-state index in [2.05, 4.69) is 16.0 Å². The van der Waals surface area contributed by atoms with Crippen LogP contribution in [-0.2, 0) is 4.79 Å². The van der Waals surface area contributed by atoms with E-state index in [0.29, 0.717) is 12.1 Å². The summed E-state index contributed by atoms with van der Waals surface area (Å²) in [6.45, 7) is 1.70. The van der Waals surface area contributed by atoms with E-state index in [1.54, 1.807) is 31.2 Å². The lowest BCUT2D eigenvalue weighted by Gasteiger charge is -2.13. The third kappa shape index (κ3) is 6.42. The number of aliphatic hydroxyl groups is 1. The summed E-state index contributed by atoms with van der Waals surface area (Å²) >= 11 is 0. The minimum atomic E-state index is -0.434. The van der Waals surface area contributed by atoms with Crippen LogP contribution in [0, 0.1) is 0 Å². The highest BCUT2D eigenvalue weighted by Gasteiger charge is 2.08. The number of benzene rings is 1. The van der Waals surface area contributed by atoms with Gasteiger partial charge in [0.05, 0.1) is 6.54 Å². The van der Waals surface area contributed by atoms with Gasteiger partial charge in [-0.25, -0.2) is 4.79 Å². The SMILES string of the molecule is CC(CCO)NC(=O)CNC(=O)Nc1ccccc1. The topological polar surface area (TPSA) is 90.5 Å². The second kappa shape index (κ2) is 8.10. The van der Waals surface area contributed by atoms with Crippen molar-refractivity contribution in [2.75, 3.05) is 18.5 Å². The molecule has 1 aromatic rings. The first-order valence-corrected chi connectivity index (χ1v) is 6.12. The van der Waals surface area contributed by atoms with Gasteiger partial charge in [0, 0.05) is 18.3 Å². The van der Waals surface area contributed by atoms with Gasteiger partial charge in [0.15, 0.2) is 0 Å².